The topological polar surface area (TPSA) is 78.6 Å². The largest absolute Gasteiger partial charge is 0.451 e. The first-order valence-corrected chi connectivity index (χ1v) is 9.26. The highest BCUT2D eigenvalue weighted by Crippen LogP contribution is 2.24. The number of piperidine rings is 1. The van der Waals surface area contributed by atoms with Gasteiger partial charge in [0.15, 0.2) is 5.76 Å². The Morgan fingerprint density at radius 3 is 3.07 bits per heavy atom. The van der Waals surface area contributed by atoms with Gasteiger partial charge in [-0.3, -0.25) is 4.79 Å². The molecule has 0 unspecified atom stereocenters. The Labute approximate surface area is 157 Å². The fourth-order valence-corrected chi connectivity index (χ4v) is 3.58. The summed E-state index contributed by atoms with van der Waals surface area (Å²) in [6.45, 7) is 3.74. The van der Waals surface area contributed by atoms with Gasteiger partial charge in [0.1, 0.15) is 11.4 Å². The lowest BCUT2D eigenvalue weighted by atomic mass is 10.1. The third-order valence-corrected chi connectivity index (χ3v) is 4.97. The van der Waals surface area contributed by atoms with E-state index in [0.29, 0.717) is 18.8 Å². The van der Waals surface area contributed by atoms with Gasteiger partial charge in [0.05, 0.1) is 6.10 Å². The minimum absolute atomic E-state index is 0.251. The molecule has 1 aromatic carbocycles. The van der Waals surface area contributed by atoms with E-state index in [9.17, 15) is 9.90 Å². The fourth-order valence-electron chi connectivity index (χ4n) is 3.58. The highest BCUT2D eigenvalue weighted by molar-refractivity contribution is 5.96. The molecule has 3 heterocycles. The number of aliphatic hydroxyl groups is 1. The summed E-state index contributed by atoms with van der Waals surface area (Å²) in [4.78, 5) is 19.1. The van der Waals surface area contributed by atoms with Gasteiger partial charge in [0, 0.05) is 36.8 Å². The number of amides is 1. The number of nitrogens with zero attached hydrogens (tertiary/aromatic N) is 2. The molecule has 1 saturated heterocycles. The lowest BCUT2D eigenvalue weighted by Gasteiger charge is -2.32. The number of aromatic nitrogens is 1. The molecule has 0 spiro atoms. The van der Waals surface area contributed by atoms with Crippen LogP contribution in [0.15, 0.2) is 47.0 Å². The van der Waals surface area contributed by atoms with Crippen molar-refractivity contribution in [1.29, 1.82) is 0 Å². The monoisotopic (exact) mass is 365 g/mol. The van der Waals surface area contributed by atoms with Gasteiger partial charge < -0.3 is 19.7 Å². The first-order valence-electron chi connectivity index (χ1n) is 9.26. The van der Waals surface area contributed by atoms with E-state index in [0.717, 1.165) is 47.3 Å². The molecule has 4 rings (SSSR count). The number of rotatable bonds is 4. The molecular weight excluding hydrogens is 342 g/mol. The zero-order valence-electron chi connectivity index (χ0n) is 15.3. The molecule has 1 atom stereocenters. The Balaban J connectivity index is 1.49. The van der Waals surface area contributed by atoms with E-state index in [2.05, 4.69) is 15.2 Å². The second-order valence-electron chi connectivity index (χ2n) is 7.01. The maximum absolute atomic E-state index is 12.6. The van der Waals surface area contributed by atoms with Gasteiger partial charge in [0.25, 0.3) is 5.91 Å². The van der Waals surface area contributed by atoms with Gasteiger partial charge in [-0.15, -0.1) is 0 Å². The summed E-state index contributed by atoms with van der Waals surface area (Å²) in [5.74, 6) is 0.870. The van der Waals surface area contributed by atoms with Crippen LogP contribution in [-0.4, -0.2) is 35.2 Å². The highest BCUT2D eigenvalue weighted by atomic mass is 16.3. The summed E-state index contributed by atoms with van der Waals surface area (Å²) >= 11 is 0. The lowest BCUT2D eigenvalue weighted by Crippen LogP contribution is -2.39. The van der Waals surface area contributed by atoms with Gasteiger partial charge >= 0.3 is 0 Å². The Morgan fingerprint density at radius 2 is 2.26 bits per heavy atom. The second-order valence-corrected chi connectivity index (χ2v) is 7.01. The number of β-amino-alcohol motifs (C(OH)–C–C–N with tert-alkyl or cyclic N) is 1. The molecule has 6 heteroatoms. The van der Waals surface area contributed by atoms with Crippen molar-refractivity contribution < 1.29 is 14.3 Å². The SMILES string of the molecule is Cc1cccc2cc(C(=O)NCc3cccnc3N3CCC[C@@H](O)C3)oc12. The molecule has 6 nitrogen and oxygen atoms in total. The van der Waals surface area contributed by atoms with E-state index in [-0.39, 0.29) is 12.0 Å². The number of aliphatic hydroxyl groups excluding tert-OH is 1. The number of hydrogen-bond acceptors (Lipinski definition) is 5. The quantitative estimate of drug-likeness (QED) is 0.743. The number of hydrogen-bond donors (Lipinski definition) is 2. The van der Waals surface area contributed by atoms with Crippen LogP contribution in [0.1, 0.15) is 34.5 Å². The van der Waals surface area contributed by atoms with Crippen molar-refractivity contribution in [2.24, 2.45) is 0 Å². The third kappa shape index (κ3) is 3.66. The van der Waals surface area contributed by atoms with Crippen LogP contribution in [0.2, 0.25) is 0 Å². The number of carbonyl (C=O) groups excluding carboxylic acids is 1. The van der Waals surface area contributed by atoms with E-state index in [4.69, 9.17) is 4.42 Å². The predicted molar refractivity (Wildman–Crippen MR) is 104 cm³/mol. The number of fused-ring (bicyclic) bond motifs is 1. The number of para-hydroxylation sites is 1. The molecule has 2 aromatic heterocycles. The number of carbonyl (C=O) groups is 1. The molecule has 0 radical (unpaired) electrons. The Kier molecular flexibility index (Phi) is 4.81. The molecular formula is C21H23N3O3. The summed E-state index contributed by atoms with van der Waals surface area (Å²) in [5.41, 5.74) is 2.67. The Hall–Kier alpha value is -2.86. The fraction of sp³-hybridized carbons (Fsp3) is 0.333. The van der Waals surface area contributed by atoms with E-state index in [1.54, 1.807) is 12.3 Å². The third-order valence-electron chi connectivity index (χ3n) is 4.97. The van der Waals surface area contributed by atoms with Crippen molar-refractivity contribution in [3.05, 3.63) is 59.5 Å². The number of aryl methyl sites for hydroxylation is 1. The average Bonchev–Trinajstić information content (AvgIpc) is 3.12. The van der Waals surface area contributed by atoms with Crippen LogP contribution in [0.25, 0.3) is 11.0 Å². The molecule has 1 fully saturated rings. The smallest absolute Gasteiger partial charge is 0.287 e. The molecule has 1 amide bonds. The number of anilines is 1. The van der Waals surface area contributed by atoms with Gasteiger partial charge in [-0.25, -0.2) is 4.98 Å². The van der Waals surface area contributed by atoms with Crippen LogP contribution in [0.4, 0.5) is 5.82 Å². The summed E-state index contributed by atoms with van der Waals surface area (Å²) < 4.78 is 5.74. The maximum Gasteiger partial charge on any atom is 0.287 e. The van der Waals surface area contributed by atoms with E-state index < -0.39 is 0 Å². The van der Waals surface area contributed by atoms with Crippen LogP contribution in [0.3, 0.4) is 0 Å². The van der Waals surface area contributed by atoms with Crippen molar-refractivity contribution in [3.63, 3.8) is 0 Å². The summed E-state index contributed by atoms with van der Waals surface area (Å²) in [6.07, 6.45) is 3.16. The van der Waals surface area contributed by atoms with E-state index >= 15 is 0 Å². The summed E-state index contributed by atoms with van der Waals surface area (Å²) in [7, 11) is 0. The summed E-state index contributed by atoms with van der Waals surface area (Å²) in [6, 6.07) is 11.4. The van der Waals surface area contributed by atoms with Crippen LogP contribution in [0.5, 0.6) is 0 Å². The molecule has 0 aliphatic carbocycles. The molecule has 27 heavy (non-hydrogen) atoms. The molecule has 2 N–H and O–H groups in total. The van der Waals surface area contributed by atoms with Crippen molar-refractivity contribution in [2.45, 2.75) is 32.4 Å². The molecule has 1 aliphatic rings. The minimum atomic E-state index is -0.331. The van der Waals surface area contributed by atoms with Gasteiger partial charge in [-0.2, -0.15) is 0 Å². The van der Waals surface area contributed by atoms with Crippen LogP contribution in [0, 0.1) is 6.92 Å². The zero-order chi connectivity index (χ0) is 18.8. The number of nitrogens with one attached hydrogen (secondary N) is 1. The van der Waals surface area contributed by atoms with Gasteiger partial charge in [-0.1, -0.05) is 24.3 Å². The maximum atomic E-state index is 12.6. The molecule has 0 bridgehead atoms. The zero-order valence-corrected chi connectivity index (χ0v) is 15.3. The Bertz CT molecular complexity index is 966. The van der Waals surface area contributed by atoms with Crippen molar-refractivity contribution in [1.82, 2.24) is 10.3 Å². The van der Waals surface area contributed by atoms with Gasteiger partial charge in [-0.05, 0) is 37.5 Å². The standard InChI is InChI=1S/C21H23N3O3/c1-14-5-2-6-15-11-18(27-19(14)15)21(26)23-12-16-7-3-9-22-20(16)24-10-4-8-17(25)13-24/h2-3,5-7,9,11,17,25H,4,8,10,12-13H2,1H3,(H,23,26)/t17-/m1/s1. The van der Waals surface area contributed by atoms with Crippen LogP contribution >= 0.6 is 0 Å². The van der Waals surface area contributed by atoms with Crippen molar-refractivity contribution >= 4 is 22.7 Å². The average molecular weight is 365 g/mol. The van der Waals surface area contributed by atoms with E-state index in [1.165, 1.54) is 0 Å². The Morgan fingerprint density at radius 1 is 1.37 bits per heavy atom. The first kappa shape index (κ1) is 17.5. The molecule has 3 aromatic rings. The molecule has 1 aliphatic heterocycles. The highest BCUT2D eigenvalue weighted by Gasteiger charge is 2.21. The molecule has 140 valence electrons. The molecule has 0 saturated carbocycles. The lowest BCUT2D eigenvalue weighted by molar-refractivity contribution is 0.0925. The van der Waals surface area contributed by atoms with Crippen LogP contribution < -0.4 is 10.2 Å². The van der Waals surface area contributed by atoms with E-state index in [1.807, 2.05) is 37.3 Å². The summed E-state index contributed by atoms with van der Waals surface area (Å²) in [5, 5.41) is 13.8. The second kappa shape index (κ2) is 7.40. The van der Waals surface area contributed by atoms with Gasteiger partial charge in [0.2, 0.25) is 0 Å². The minimum Gasteiger partial charge on any atom is -0.451 e. The predicted octanol–water partition coefficient (Wildman–Crippen LogP) is 3.03. The normalized spacial score (nSPS) is 17.3. The first-order chi connectivity index (χ1) is 13.1. The van der Waals surface area contributed by atoms with Crippen molar-refractivity contribution in [2.75, 3.05) is 18.0 Å². The van der Waals surface area contributed by atoms with Crippen molar-refractivity contribution in [3.8, 4) is 0 Å². The van der Waals surface area contributed by atoms with Crippen LogP contribution in [-0.2, 0) is 6.54 Å². The number of pyridine rings is 1. The number of benzene rings is 1. The number of furan rings is 1.